The smallest absolute Gasteiger partial charge is 0.279 e. The SMILES string of the molecule is CC(C)n1c(=O)c2c(-c3nc(C4CCC(C)(C)O4)no3)ncn2c2ccc(F)cc21. The fourth-order valence-corrected chi connectivity index (χ4v) is 4.15. The minimum atomic E-state index is -0.406. The van der Waals surface area contributed by atoms with E-state index in [9.17, 15) is 9.18 Å². The molecule has 0 amide bonds. The zero-order valence-corrected chi connectivity index (χ0v) is 17.2. The molecule has 156 valence electrons. The van der Waals surface area contributed by atoms with Gasteiger partial charge in [-0.3, -0.25) is 9.20 Å². The summed E-state index contributed by atoms with van der Waals surface area (Å²) < 4.78 is 28.5. The summed E-state index contributed by atoms with van der Waals surface area (Å²) in [4.78, 5) is 22.2. The predicted octanol–water partition coefficient (Wildman–Crippen LogP) is 4.05. The summed E-state index contributed by atoms with van der Waals surface area (Å²) in [7, 11) is 0. The van der Waals surface area contributed by atoms with Crippen LogP contribution in [0.25, 0.3) is 28.1 Å². The third-order valence-electron chi connectivity index (χ3n) is 5.56. The van der Waals surface area contributed by atoms with E-state index in [0.29, 0.717) is 28.1 Å². The number of aromatic nitrogens is 5. The maximum Gasteiger partial charge on any atom is 0.279 e. The van der Waals surface area contributed by atoms with Crippen LogP contribution < -0.4 is 5.56 Å². The predicted molar refractivity (Wildman–Crippen MR) is 108 cm³/mol. The molecule has 0 aliphatic carbocycles. The number of halogens is 1. The van der Waals surface area contributed by atoms with E-state index in [2.05, 4.69) is 15.1 Å². The number of hydrogen-bond donors (Lipinski definition) is 0. The van der Waals surface area contributed by atoms with Crippen molar-refractivity contribution < 1.29 is 13.7 Å². The summed E-state index contributed by atoms with van der Waals surface area (Å²) in [6.07, 6.45) is 2.97. The van der Waals surface area contributed by atoms with Gasteiger partial charge in [0, 0.05) is 6.04 Å². The van der Waals surface area contributed by atoms with Crippen LogP contribution in [0.5, 0.6) is 0 Å². The summed E-state index contributed by atoms with van der Waals surface area (Å²) in [5.74, 6) is 0.204. The summed E-state index contributed by atoms with van der Waals surface area (Å²) in [5.41, 5.74) is 1.25. The van der Waals surface area contributed by atoms with E-state index in [4.69, 9.17) is 9.26 Å². The quantitative estimate of drug-likeness (QED) is 0.505. The molecule has 0 saturated carbocycles. The van der Waals surface area contributed by atoms with Crippen LogP contribution in [0.2, 0.25) is 0 Å². The van der Waals surface area contributed by atoms with Gasteiger partial charge in [-0.2, -0.15) is 4.98 Å². The Morgan fingerprint density at radius 3 is 2.77 bits per heavy atom. The highest BCUT2D eigenvalue weighted by Crippen LogP contribution is 2.38. The van der Waals surface area contributed by atoms with E-state index < -0.39 is 5.82 Å². The number of rotatable bonds is 3. The molecular weight excluding hydrogens is 389 g/mol. The van der Waals surface area contributed by atoms with Gasteiger partial charge in [0.05, 0.1) is 16.6 Å². The first-order chi connectivity index (χ1) is 14.2. The summed E-state index contributed by atoms with van der Waals surface area (Å²) in [6.45, 7) is 7.81. The van der Waals surface area contributed by atoms with E-state index in [1.807, 2.05) is 27.7 Å². The fraction of sp³-hybridized carbons (Fsp3) is 0.429. The van der Waals surface area contributed by atoms with Crippen molar-refractivity contribution in [2.24, 2.45) is 0 Å². The lowest BCUT2D eigenvalue weighted by Crippen LogP contribution is -2.24. The Hall–Kier alpha value is -3.07. The molecule has 1 saturated heterocycles. The van der Waals surface area contributed by atoms with Crippen molar-refractivity contribution in [2.75, 3.05) is 0 Å². The lowest BCUT2D eigenvalue weighted by atomic mass is 10.1. The normalized spacial score (nSPS) is 18.8. The molecule has 0 N–H and O–H groups in total. The molecular formula is C21H22FN5O3. The van der Waals surface area contributed by atoms with E-state index in [1.54, 1.807) is 15.0 Å². The minimum absolute atomic E-state index is 0.162. The topological polar surface area (TPSA) is 87.5 Å². The maximum atomic E-state index is 13.9. The molecule has 1 aliphatic rings. The molecule has 9 heteroatoms. The number of hydrogen-bond acceptors (Lipinski definition) is 6. The molecule has 3 aromatic heterocycles. The van der Waals surface area contributed by atoms with Gasteiger partial charge < -0.3 is 13.8 Å². The van der Waals surface area contributed by atoms with Crippen molar-refractivity contribution in [3.63, 3.8) is 0 Å². The van der Waals surface area contributed by atoms with Crippen LogP contribution in [0.3, 0.4) is 0 Å². The molecule has 5 rings (SSSR count). The average Bonchev–Trinajstić information content (AvgIpc) is 3.38. The molecule has 0 radical (unpaired) electrons. The zero-order chi connectivity index (χ0) is 21.2. The largest absolute Gasteiger partial charge is 0.364 e. The van der Waals surface area contributed by atoms with Crippen molar-refractivity contribution in [3.8, 4) is 11.6 Å². The Labute approximate surface area is 171 Å². The molecule has 8 nitrogen and oxygen atoms in total. The first kappa shape index (κ1) is 18.9. The molecule has 1 unspecified atom stereocenters. The lowest BCUT2D eigenvalue weighted by molar-refractivity contribution is -0.0207. The van der Waals surface area contributed by atoms with Crippen LogP contribution in [0.15, 0.2) is 33.8 Å². The Morgan fingerprint density at radius 1 is 1.27 bits per heavy atom. The van der Waals surface area contributed by atoms with Crippen molar-refractivity contribution in [2.45, 2.75) is 58.3 Å². The molecule has 1 atom stereocenters. The van der Waals surface area contributed by atoms with Crippen LogP contribution in [0.1, 0.15) is 58.5 Å². The second-order valence-corrected chi connectivity index (χ2v) is 8.58. The molecule has 4 heterocycles. The fourth-order valence-electron chi connectivity index (χ4n) is 4.15. The number of ether oxygens (including phenoxy) is 1. The van der Waals surface area contributed by atoms with Gasteiger partial charge in [-0.15, -0.1) is 0 Å². The Kier molecular flexibility index (Phi) is 4.08. The standard InChI is InChI=1S/C21H22FN5O3/c1-11(2)27-14-9-12(22)5-6-13(14)26-10-23-16(17(26)20(27)28)19-24-18(25-30-19)15-7-8-21(3,4)29-15/h5-6,9-11,15H,7-8H2,1-4H3. The Morgan fingerprint density at radius 2 is 2.07 bits per heavy atom. The van der Waals surface area contributed by atoms with Crippen molar-refractivity contribution in [3.05, 3.63) is 46.5 Å². The van der Waals surface area contributed by atoms with Gasteiger partial charge in [-0.25, -0.2) is 9.37 Å². The van der Waals surface area contributed by atoms with Crippen LogP contribution in [-0.4, -0.2) is 29.7 Å². The molecule has 1 fully saturated rings. The van der Waals surface area contributed by atoms with Crippen molar-refractivity contribution in [1.82, 2.24) is 24.1 Å². The molecule has 1 aromatic carbocycles. The van der Waals surface area contributed by atoms with Crippen LogP contribution in [-0.2, 0) is 4.74 Å². The van der Waals surface area contributed by atoms with E-state index >= 15 is 0 Å². The van der Waals surface area contributed by atoms with Gasteiger partial charge in [-0.1, -0.05) is 5.16 Å². The number of nitrogens with zero attached hydrogens (tertiary/aromatic N) is 5. The average molecular weight is 411 g/mol. The first-order valence-electron chi connectivity index (χ1n) is 9.98. The maximum absolute atomic E-state index is 13.9. The summed E-state index contributed by atoms with van der Waals surface area (Å²) in [6, 6.07) is 4.18. The molecule has 1 aliphatic heterocycles. The molecule has 30 heavy (non-hydrogen) atoms. The Balaban J connectivity index is 1.70. The minimum Gasteiger partial charge on any atom is -0.364 e. The molecule has 4 aromatic rings. The third kappa shape index (κ3) is 2.84. The van der Waals surface area contributed by atoms with Crippen molar-refractivity contribution in [1.29, 1.82) is 0 Å². The van der Waals surface area contributed by atoms with Gasteiger partial charge >= 0.3 is 0 Å². The van der Waals surface area contributed by atoms with Crippen LogP contribution in [0, 0.1) is 5.82 Å². The second kappa shape index (κ2) is 6.46. The summed E-state index contributed by atoms with van der Waals surface area (Å²) >= 11 is 0. The van der Waals surface area contributed by atoms with Gasteiger partial charge in [-0.05, 0) is 58.7 Å². The second-order valence-electron chi connectivity index (χ2n) is 8.58. The van der Waals surface area contributed by atoms with Gasteiger partial charge in [0.15, 0.2) is 5.69 Å². The molecule has 0 spiro atoms. The van der Waals surface area contributed by atoms with E-state index in [0.717, 1.165) is 12.8 Å². The van der Waals surface area contributed by atoms with Gasteiger partial charge in [0.1, 0.15) is 23.8 Å². The monoisotopic (exact) mass is 411 g/mol. The van der Waals surface area contributed by atoms with Gasteiger partial charge in [0.25, 0.3) is 11.4 Å². The highest BCUT2D eigenvalue weighted by atomic mass is 19.1. The third-order valence-corrected chi connectivity index (χ3v) is 5.56. The summed E-state index contributed by atoms with van der Waals surface area (Å²) in [5, 5.41) is 4.07. The first-order valence-corrected chi connectivity index (χ1v) is 9.98. The highest BCUT2D eigenvalue weighted by Gasteiger charge is 2.35. The van der Waals surface area contributed by atoms with Crippen LogP contribution in [0.4, 0.5) is 4.39 Å². The number of benzene rings is 1. The highest BCUT2D eigenvalue weighted by molar-refractivity contribution is 5.83. The van der Waals surface area contributed by atoms with E-state index in [-0.39, 0.29) is 29.2 Å². The van der Waals surface area contributed by atoms with E-state index in [1.165, 1.54) is 18.5 Å². The van der Waals surface area contributed by atoms with Gasteiger partial charge in [0.2, 0.25) is 5.82 Å². The van der Waals surface area contributed by atoms with Crippen LogP contribution >= 0.6 is 0 Å². The Bertz CT molecular complexity index is 1330. The lowest BCUT2D eigenvalue weighted by Gasteiger charge is -2.17. The number of fused-ring (bicyclic) bond motifs is 3. The zero-order valence-electron chi connectivity index (χ0n) is 17.2. The molecule has 0 bridgehead atoms. The van der Waals surface area contributed by atoms with Crippen molar-refractivity contribution >= 4 is 16.6 Å². The number of imidazole rings is 1.